The molecule has 2 aromatic carbocycles. The van der Waals surface area contributed by atoms with Crippen molar-refractivity contribution in [2.45, 2.75) is 20.4 Å². The first kappa shape index (κ1) is 16.5. The van der Waals surface area contributed by atoms with Crippen LogP contribution in [-0.2, 0) is 6.54 Å². The van der Waals surface area contributed by atoms with Crippen LogP contribution in [0.3, 0.4) is 0 Å². The molecule has 0 unspecified atom stereocenters. The number of furan rings is 1. The SMILES string of the molecule is Cc1nn(-c2ccccc2)c(C)c1CNc1ncnc2c1oc1ccccc12. The molecule has 0 aliphatic heterocycles. The Bertz CT molecular complexity index is 1290. The lowest BCUT2D eigenvalue weighted by atomic mass is 10.2. The fraction of sp³-hybridized carbons (Fsp3) is 0.136. The van der Waals surface area contributed by atoms with E-state index in [0.717, 1.165) is 39.1 Å². The third kappa shape index (κ3) is 2.62. The summed E-state index contributed by atoms with van der Waals surface area (Å²) in [7, 11) is 0. The molecular weight excluding hydrogens is 350 g/mol. The molecule has 0 spiro atoms. The van der Waals surface area contributed by atoms with Gasteiger partial charge >= 0.3 is 0 Å². The summed E-state index contributed by atoms with van der Waals surface area (Å²) in [5.74, 6) is 0.687. The molecule has 0 bridgehead atoms. The fourth-order valence-corrected chi connectivity index (χ4v) is 3.57. The minimum absolute atomic E-state index is 0.605. The number of para-hydroxylation sites is 2. The van der Waals surface area contributed by atoms with Gasteiger partial charge in [0.25, 0.3) is 0 Å². The second kappa shape index (κ2) is 6.49. The van der Waals surface area contributed by atoms with Crippen LogP contribution < -0.4 is 5.32 Å². The number of anilines is 1. The molecule has 0 radical (unpaired) electrons. The largest absolute Gasteiger partial charge is 0.450 e. The molecule has 3 heterocycles. The summed E-state index contributed by atoms with van der Waals surface area (Å²) >= 11 is 0. The van der Waals surface area contributed by atoms with Crippen LogP contribution in [-0.4, -0.2) is 19.7 Å². The van der Waals surface area contributed by atoms with Crippen LogP contribution in [0.15, 0.2) is 65.3 Å². The number of benzene rings is 2. The van der Waals surface area contributed by atoms with E-state index in [1.165, 1.54) is 0 Å². The van der Waals surface area contributed by atoms with Gasteiger partial charge in [-0.25, -0.2) is 14.6 Å². The molecule has 0 aliphatic carbocycles. The standard InChI is InChI=1S/C22H19N5O/c1-14-18(15(2)27(26-14)16-8-4-3-5-9-16)12-23-22-21-20(24-13-25-22)17-10-6-7-11-19(17)28-21/h3-11,13H,12H2,1-2H3,(H,23,24,25). The number of nitrogens with zero attached hydrogens (tertiary/aromatic N) is 4. The van der Waals surface area contributed by atoms with Crippen molar-refractivity contribution < 1.29 is 4.42 Å². The number of aryl methyl sites for hydroxylation is 1. The van der Waals surface area contributed by atoms with E-state index >= 15 is 0 Å². The van der Waals surface area contributed by atoms with Crippen LogP contribution in [0.1, 0.15) is 17.0 Å². The first-order valence-corrected chi connectivity index (χ1v) is 9.19. The minimum Gasteiger partial charge on any atom is -0.450 e. The van der Waals surface area contributed by atoms with E-state index < -0.39 is 0 Å². The molecular formula is C22H19N5O. The molecule has 6 nitrogen and oxygen atoms in total. The summed E-state index contributed by atoms with van der Waals surface area (Å²) in [6.07, 6.45) is 1.57. The van der Waals surface area contributed by atoms with Gasteiger partial charge in [-0.15, -0.1) is 0 Å². The lowest BCUT2D eigenvalue weighted by Crippen LogP contribution is -2.05. The summed E-state index contributed by atoms with van der Waals surface area (Å²) in [5.41, 5.74) is 6.60. The van der Waals surface area contributed by atoms with Gasteiger partial charge in [0, 0.05) is 23.2 Å². The number of hydrogen-bond acceptors (Lipinski definition) is 5. The maximum Gasteiger partial charge on any atom is 0.196 e. The Morgan fingerprint density at radius 2 is 1.75 bits per heavy atom. The molecule has 6 heteroatoms. The molecule has 0 aliphatic rings. The van der Waals surface area contributed by atoms with Crippen molar-refractivity contribution in [2.24, 2.45) is 0 Å². The van der Waals surface area contributed by atoms with Crippen LogP contribution >= 0.6 is 0 Å². The van der Waals surface area contributed by atoms with Crippen molar-refractivity contribution in [2.75, 3.05) is 5.32 Å². The van der Waals surface area contributed by atoms with E-state index in [0.29, 0.717) is 17.9 Å². The van der Waals surface area contributed by atoms with Gasteiger partial charge in [-0.2, -0.15) is 5.10 Å². The van der Waals surface area contributed by atoms with Crippen LogP contribution in [0.2, 0.25) is 0 Å². The summed E-state index contributed by atoms with van der Waals surface area (Å²) in [5, 5.41) is 9.12. The van der Waals surface area contributed by atoms with Crippen molar-refractivity contribution >= 4 is 27.9 Å². The van der Waals surface area contributed by atoms with Crippen molar-refractivity contribution in [3.05, 3.63) is 77.9 Å². The third-order valence-corrected chi connectivity index (χ3v) is 5.03. The lowest BCUT2D eigenvalue weighted by molar-refractivity contribution is 0.666. The summed E-state index contributed by atoms with van der Waals surface area (Å²) < 4.78 is 7.97. The smallest absolute Gasteiger partial charge is 0.196 e. The Morgan fingerprint density at radius 3 is 2.61 bits per heavy atom. The van der Waals surface area contributed by atoms with Gasteiger partial charge in [0.05, 0.1) is 11.4 Å². The predicted octanol–water partition coefficient (Wildman–Crippen LogP) is 4.79. The number of nitrogens with one attached hydrogen (secondary N) is 1. The Kier molecular flexibility index (Phi) is 3.83. The highest BCUT2D eigenvalue weighted by atomic mass is 16.3. The molecule has 0 atom stereocenters. The van der Waals surface area contributed by atoms with Crippen molar-refractivity contribution in [3.63, 3.8) is 0 Å². The zero-order valence-electron chi connectivity index (χ0n) is 15.7. The molecule has 0 saturated heterocycles. The van der Waals surface area contributed by atoms with Crippen molar-refractivity contribution in [1.29, 1.82) is 0 Å². The first-order valence-electron chi connectivity index (χ1n) is 9.19. The first-order chi connectivity index (χ1) is 13.7. The number of rotatable bonds is 4. The van der Waals surface area contributed by atoms with Crippen LogP contribution in [0, 0.1) is 13.8 Å². The van der Waals surface area contributed by atoms with Crippen molar-refractivity contribution in [1.82, 2.24) is 19.7 Å². The molecule has 5 rings (SSSR count). The number of hydrogen-bond donors (Lipinski definition) is 1. The van der Waals surface area contributed by atoms with E-state index in [9.17, 15) is 0 Å². The van der Waals surface area contributed by atoms with Gasteiger partial charge in [0.1, 0.15) is 17.4 Å². The molecule has 5 aromatic rings. The highest BCUT2D eigenvalue weighted by Gasteiger charge is 2.16. The molecule has 1 N–H and O–H groups in total. The molecule has 0 amide bonds. The fourth-order valence-electron chi connectivity index (χ4n) is 3.57. The average Bonchev–Trinajstić information content (AvgIpc) is 3.25. The molecule has 28 heavy (non-hydrogen) atoms. The van der Waals surface area contributed by atoms with E-state index in [1.807, 2.05) is 54.1 Å². The third-order valence-electron chi connectivity index (χ3n) is 5.03. The van der Waals surface area contributed by atoms with Gasteiger partial charge in [-0.05, 0) is 38.1 Å². The zero-order valence-corrected chi connectivity index (χ0v) is 15.7. The summed E-state index contributed by atoms with van der Waals surface area (Å²) in [6.45, 7) is 4.72. The lowest BCUT2D eigenvalue weighted by Gasteiger charge is -2.07. The van der Waals surface area contributed by atoms with Gasteiger partial charge < -0.3 is 9.73 Å². The minimum atomic E-state index is 0.605. The maximum atomic E-state index is 6.00. The van der Waals surface area contributed by atoms with E-state index in [2.05, 4.69) is 34.3 Å². The summed E-state index contributed by atoms with van der Waals surface area (Å²) in [4.78, 5) is 8.80. The van der Waals surface area contributed by atoms with Crippen molar-refractivity contribution in [3.8, 4) is 5.69 Å². The van der Waals surface area contributed by atoms with Crippen LogP contribution in [0.25, 0.3) is 27.8 Å². The Labute approximate surface area is 161 Å². The molecule has 0 saturated carbocycles. The molecule has 3 aromatic heterocycles. The highest BCUT2D eigenvalue weighted by molar-refractivity contribution is 6.05. The molecule has 138 valence electrons. The Hall–Kier alpha value is -3.67. The average molecular weight is 369 g/mol. The van der Waals surface area contributed by atoms with E-state index in [1.54, 1.807) is 6.33 Å². The summed E-state index contributed by atoms with van der Waals surface area (Å²) in [6, 6.07) is 18.0. The normalized spacial score (nSPS) is 11.4. The quantitative estimate of drug-likeness (QED) is 0.493. The maximum absolute atomic E-state index is 6.00. The van der Waals surface area contributed by atoms with Gasteiger partial charge in [-0.1, -0.05) is 30.3 Å². The second-order valence-corrected chi connectivity index (χ2v) is 6.75. The monoisotopic (exact) mass is 369 g/mol. The van der Waals surface area contributed by atoms with Crippen LogP contribution in [0.5, 0.6) is 0 Å². The number of fused-ring (bicyclic) bond motifs is 3. The topological polar surface area (TPSA) is 68.8 Å². The predicted molar refractivity (Wildman–Crippen MR) is 110 cm³/mol. The Morgan fingerprint density at radius 1 is 0.964 bits per heavy atom. The van der Waals surface area contributed by atoms with Crippen LogP contribution in [0.4, 0.5) is 5.82 Å². The van der Waals surface area contributed by atoms with Gasteiger partial charge in [0.15, 0.2) is 11.4 Å². The second-order valence-electron chi connectivity index (χ2n) is 6.75. The van der Waals surface area contributed by atoms with Gasteiger partial charge in [0.2, 0.25) is 0 Å². The Balaban J connectivity index is 1.50. The zero-order chi connectivity index (χ0) is 19.1. The number of aromatic nitrogens is 4. The van der Waals surface area contributed by atoms with E-state index in [4.69, 9.17) is 9.52 Å². The molecule has 0 fully saturated rings. The highest BCUT2D eigenvalue weighted by Crippen LogP contribution is 2.30. The van der Waals surface area contributed by atoms with E-state index in [-0.39, 0.29) is 0 Å². The van der Waals surface area contributed by atoms with Gasteiger partial charge in [-0.3, -0.25) is 0 Å².